The fourth-order valence-electron chi connectivity index (χ4n) is 0.904. The van der Waals surface area contributed by atoms with Crippen molar-refractivity contribution in [1.82, 2.24) is 5.06 Å². The van der Waals surface area contributed by atoms with Crippen molar-refractivity contribution in [3.8, 4) is 0 Å². The van der Waals surface area contributed by atoms with Gasteiger partial charge in [-0.15, -0.1) is 11.8 Å². The van der Waals surface area contributed by atoms with Gasteiger partial charge in [-0.25, -0.2) is 13.8 Å². The Morgan fingerprint density at radius 1 is 1.44 bits per heavy atom. The second-order valence-electron chi connectivity index (χ2n) is 2.94. The Hall–Kier alpha value is -1.14. The van der Waals surface area contributed by atoms with Crippen molar-refractivity contribution in [3.63, 3.8) is 0 Å². The SMILES string of the molecule is CON(C)C(=O)CSc1ccc(F)c(F)c1. The van der Waals surface area contributed by atoms with Crippen LogP contribution in [0.3, 0.4) is 0 Å². The van der Waals surface area contributed by atoms with Crippen molar-refractivity contribution < 1.29 is 18.4 Å². The van der Waals surface area contributed by atoms with E-state index < -0.39 is 11.6 Å². The number of halogens is 2. The van der Waals surface area contributed by atoms with E-state index in [9.17, 15) is 13.6 Å². The van der Waals surface area contributed by atoms with Crippen LogP contribution < -0.4 is 0 Å². The molecule has 0 aromatic heterocycles. The summed E-state index contributed by atoms with van der Waals surface area (Å²) in [5.74, 6) is -1.96. The summed E-state index contributed by atoms with van der Waals surface area (Å²) in [7, 11) is 2.86. The maximum Gasteiger partial charge on any atom is 0.256 e. The molecule has 0 aliphatic rings. The van der Waals surface area contributed by atoms with Gasteiger partial charge in [0.25, 0.3) is 5.91 Å². The van der Waals surface area contributed by atoms with Crippen LogP contribution in [-0.4, -0.2) is 30.9 Å². The molecule has 0 aliphatic heterocycles. The van der Waals surface area contributed by atoms with Gasteiger partial charge < -0.3 is 0 Å². The lowest BCUT2D eigenvalue weighted by Crippen LogP contribution is -2.26. The molecule has 0 saturated heterocycles. The highest BCUT2D eigenvalue weighted by atomic mass is 32.2. The molecule has 0 radical (unpaired) electrons. The van der Waals surface area contributed by atoms with Crippen LogP contribution >= 0.6 is 11.8 Å². The van der Waals surface area contributed by atoms with Crippen LogP contribution in [0.15, 0.2) is 23.1 Å². The van der Waals surface area contributed by atoms with Crippen LogP contribution in [0.25, 0.3) is 0 Å². The largest absolute Gasteiger partial charge is 0.275 e. The number of carbonyl (C=O) groups is 1. The third kappa shape index (κ3) is 3.46. The number of thioether (sulfide) groups is 1. The first-order valence-corrected chi connectivity index (χ1v) is 5.41. The molecule has 0 atom stereocenters. The lowest BCUT2D eigenvalue weighted by Gasteiger charge is -2.12. The Kier molecular flexibility index (Phi) is 4.70. The van der Waals surface area contributed by atoms with Gasteiger partial charge >= 0.3 is 0 Å². The van der Waals surface area contributed by atoms with Gasteiger partial charge in [-0.2, -0.15) is 0 Å². The third-order valence-electron chi connectivity index (χ3n) is 1.88. The minimum absolute atomic E-state index is 0.107. The van der Waals surface area contributed by atoms with Gasteiger partial charge in [0.1, 0.15) is 0 Å². The molecule has 0 unspecified atom stereocenters. The number of rotatable bonds is 4. The molecular formula is C10H11F2NO2S. The number of benzene rings is 1. The summed E-state index contributed by atoms with van der Waals surface area (Å²) in [6, 6.07) is 3.51. The third-order valence-corrected chi connectivity index (χ3v) is 2.86. The molecule has 0 fully saturated rings. The topological polar surface area (TPSA) is 29.5 Å². The summed E-state index contributed by atoms with van der Waals surface area (Å²) in [4.78, 5) is 16.5. The molecule has 1 aromatic carbocycles. The van der Waals surface area contributed by atoms with Gasteiger partial charge in [0, 0.05) is 11.9 Å². The average Bonchev–Trinajstić information content (AvgIpc) is 2.29. The lowest BCUT2D eigenvalue weighted by atomic mass is 10.3. The second-order valence-corrected chi connectivity index (χ2v) is 3.99. The number of hydroxylamine groups is 2. The van der Waals surface area contributed by atoms with Crippen LogP contribution in [0.5, 0.6) is 0 Å². The maximum absolute atomic E-state index is 12.8. The van der Waals surface area contributed by atoms with E-state index in [2.05, 4.69) is 4.84 Å². The maximum atomic E-state index is 12.8. The molecule has 88 valence electrons. The average molecular weight is 247 g/mol. The number of carbonyl (C=O) groups excluding carboxylic acids is 1. The predicted molar refractivity (Wildman–Crippen MR) is 56.9 cm³/mol. The fourth-order valence-corrected chi connectivity index (χ4v) is 1.73. The summed E-state index contributed by atoms with van der Waals surface area (Å²) in [6.45, 7) is 0. The standard InChI is InChI=1S/C10H11F2NO2S/c1-13(15-2)10(14)6-16-7-3-4-8(11)9(12)5-7/h3-5H,6H2,1-2H3. The van der Waals surface area contributed by atoms with Crippen molar-refractivity contribution >= 4 is 17.7 Å². The number of hydrogen-bond donors (Lipinski definition) is 0. The molecule has 0 N–H and O–H groups in total. The summed E-state index contributed by atoms with van der Waals surface area (Å²) in [5.41, 5.74) is 0. The van der Waals surface area contributed by atoms with Gasteiger partial charge in [0.15, 0.2) is 11.6 Å². The first kappa shape index (κ1) is 12.9. The van der Waals surface area contributed by atoms with Crippen LogP contribution in [0.1, 0.15) is 0 Å². The summed E-state index contributed by atoms with van der Waals surface area (Å²) < 4.78 is 25.4. The Morgan fingerprint density at radius 2 is 2.12 bits per heavy atom. The van der Waals surface area contributed by atoms with E-state index in [1.807, 2.05) is 0 Å². The second kappa shape index (κ2) is 5.81. The zero-order valence-electron chi connectivity index (χ0n) is 8.87. The van der Waals surface area contributed by atoms with E-state index in [1.54, 1.807) is 0 Å². The minimum Gasteiger partial charge on any atom is -0.275 e. The highest BCUT2D eigenvalue weighted by molar-refractivity contribution is 8.00. The molecule has 3 nitrogen and oxygen atoms in total. The molecule has 0 aliphatic carbocycles. The highest BCUT2D eigenvalue weighted by Crippen LogP contribution is 2.20. The van der Waals surface area contributed by atoms with Crippen molar-refractivity contribution in [3.05, 3.63) is 29.8 Å². The number of hydrogen-bond acceptors (Lipinski definition) is 3. The Bertz CT molecular complexity index is 387. The molecule has 1 aromatic rings. The van der Waals surface area contributed by atoms with Crippen molar-refractivity contribution in [2.24, 2.45) is 0 Å². The molecular weight excluding hydrogens is 236 g/mol. The molecule has 0 bridgehead atoms. The Balaban J connectivity index is 2.55. The molecule has 1 amide bonds. The van der Waals surface area contributed by atoms with Crippen LogP contribution in [0, 0.1) is 11.6 Å². The molecule has 0 spiro atoms. The highest BCUT2D eigenvalue weighted by Gasteiger charge is 2.09. The van der Waals surface area contributed by atoms with Crippen molar-refractivity contribution in [1.29, 1.82) is 0 Å². The van der Waals surface area contributed by atoms with E-state index >= 15 is 0 Å². The van der Waals surface area contributed by atoms with Crippen LogP contribution in [-0.2, 0) is 9.63 Å². The summed E-state index contributed by atoms with van der Waals surface area (Å²) in [5, 5.41) is 1.08. The van der Waals surface area contributed by atoms with Gasteiger partial charge in [-0.05, 0) is 18.2 Å². The van der Waals surface area contributed by atoms with E-state index in [0.29, 0.717) is 4.90 Å². The van der Waals surface area contributed by atoms with Gasteiger partial charge in [0.05, 0.1) is 12.9 Å². The van der Waals surface area contributed by atoms with Gasteiger partial charge in [-0.3, -0.25) is 9.63 Å². The lowest BCUT2D eigenvalue weighted by molar-refractivity contribution is -0.165. The smallest absolute Gasteiger partial charge is 0.256 e. The normalized spacial score (nSPS) is 10.2. The van der Waals surface area contributed by atoms with E-state index in [4.69, 9.17) is 0 Å². The molecule has 1 rings (SSSR count). The summed E-state index contributed by atoms with van der Waals surface area (Å²) in [6.07, 6.45) is 0. The number of amides is 1. The zero-order valence-corrected chi connectivity index (χ0v) is 9.68. The van der Waals surface area contributed by atoms with E-state index in [1.165, 1.54) is 20.2 Å². The number of nitrogens with zero attached hydrogens (tertiary/aromatic N) is 1. The Labute approximate surface area is 96.3 Å². The Morgan fingerprint density at radius 3 is 2.69 bits per heavy atom. The van der Waals surface area contributed by atoms with E-state index in [-0.39, 0.29) is 11.7 Å². The molecule has 0 heterocycles. The predicted octanol–water partition coefficient (Wildman–Crippen LogP) is 2.08. The van der Waals surface area contributed by atoms with Crippen LogP contribution in [0.4, 0.5) is 8.78 Å². The molecule has 0 saturated carbocycles. The quantitative estimate of drug-likeness (QED) is 0.602. The van der Waals surface area contributed by atoms with E-state index in [0.717, 1.165) is 29.0 Å². The van der Waals surface area contributed by atoms with Crippen LogP contribution in [0.2, 0.25) is 0 Å². The first-order chi connectivity index (χ1) is 7.54. The first-order valence-electron chi connectivity index (χ1n) is 4.43. The van der Waals surface area contributed by atoms with Crippen molar-refractivity contribution in [2.45, 2.75) is 4.90 Å². The molecule has 16 heavy (non-hydrogen) atoms. The van der Waals surface area contributed by atoms with Crippen molar-refractivity contribution in [2.75, 3.05) is 19.9 Å². The monoisotopic (exact) mass is 247 g/mol. The summed E-state index contributed by atoms with van der Waals surface area (Å²) >= 11 is 1.12. The van der Waals surface area contributed by atoms with Gasteiger partial charge in [0.2, 0.25) is 0 Å². The molecule has 6 heteroatoms. The van der Waals surface area contributed by atoms with Gasteiger partial charge in [-0.1, -0.05) is 0 Å². The zero-order chi connectivity index (χ0) is 12.1. The fraction of sp³-hybridized carbons (Fsp3) is 0.300. The minimum atomic E-state index is -0.919.